The van der Waals surface area contributed by atoms with Crippen molar-refractivity contribution in [2.24, 2.45) is 0 Å². The second kappa shape index (κ2) is 3.39. The zero-order chi connectivity index (χ0) is 7.72. The second-order valence-electron chi connectivity index (χ2n) is 2.17. The van der Waals surface area contributed by atoms with E-state index in [4.69, 9.17) is 5.73 Å². The average Bonchev–Trinajstić information content (AvgIpc) is 2.11. The summed E-state index contributed by atoms with van der Waals surface area (Å²) < 4.78 is 0. The minimum atomic E-state index is -0.0521. The molecule has 11 heavy (non-hydrogen) atoms. The van der Waals surface area contributed by atoms with Crippen molar-refractivity contribution in [2.75, 3.05) is 5.73 Å². The molecular formula is C6H10ClN3O. The summed E-state index contributed by atoms with van der Waals surface area (Å²) in [6, 6.07) is 0. The van der Waals surface area contributed by atoms with Crippen LogP contribution in [0.1, 0.15) is 23.0 Å². The van der Waals surface area contributed by atoms with E-state index in [2.05, 4.69) is 10.2 Å². The largest absolute Gasteiger partial charge is 0.382 e. The van der Waals surface area contributed by atoms with Crippen molar-refractivity contribution in [2.45, 2.75) is 13.8 Å². The Kier molecular flexibility index (Phi) is 3.07. The van der Waals surface area contributed by atoms with Gasteiger partial charge in [0.1, 0.15) is 0 Å². The SMILES string of the molecule is CC(=O)c1c(N)n[nH]c1C.Cl. The number of aryl methyl sites for hydroxylation is 1. The Labute approximate surface area is 70.6 Å². The number of Topliss-reactive ketones (excluding diaryl/α,β-unsaturated/α-hetero) is 1. The number of carbonyl (C=O) groups is 1. The lowest BCUT2D eigenvalue weighted by Gasteiger charge is -1.90. The van der Waals surface area contributed by atoms with E-state index in [0.29, 0.717) is 5.56 Å². The van der Waals surface area contributed by atoms with Crippen LogP contribution in [0.3, 0.4) is 0 Å². The minimum Gasteiger partial charge on any atom is -0.382 e. The zero-order valence-electron chi connectivity index (χ0n) is 6.34. The monoisotopic (exact) mass is 175 g/mol. The van der Waals surface area contributed by atoms with Gasteiger partial charge in [0, 0.05) is 5.69 Å². The van der Waals surface area contributed by atoms with Crippen molar-refractivity contribution >= 4 is 24.0 Å². The molecule has 0 unspecified atom stereocenters. The molecule has 0 amide bonds. The number of halogens is 1. The summed E-state index contributed by atoms with van der Waals surface area (Å²) in [7, 11) is 0. The Morgan fingerprint density at radius 1 is 1.64 bits per heavy atom. The fourth-order valence-electron chi connectivity index (χ4n) is 0.892. The molecule has 62 valence electrons. The summed E-state index contributed by atoms with van der Waals surface area (Å²) in [5, 5.41) is 6.29. The number of nitrogens with two attached hydrogens (primary N) is 1. The first-order chi connectivity index (χ1) is 4.63. The Morgan fingerprint density at radius 2 is 2.18 bits per heavy atom. The van der Waals surface area contributed by atoms with E-state index in [1.54, 1.807) is 6.92 Å². The summed E-state index contributed by atoms with van der Waals surface area (Å²) in [5.74, 6) is 0.230. The van der Waals surface area contributed by atoms with Gasteiger partial charge in [-0.15, -0.1) is 12.4 Å². The Hall–Kier alpha value is -1.03. The molecular weight excluding hydrogens is 166 g/mol. The minimum absolute atomic E-state index is 0. The van der Waals surface area contributed by atoms with Gasteiger partial charge in [0.25, 0.3) is 0 Å². The lowest BCUT2D eigenvalue weighted by atomic mass is 10.2. The molecule has 0 aliphatic carbocycles. The molecule has 5 heteroatoms. The van der Waals surface area contributed by atoms with Gasteiger partial charge in [-0.2, -0.15) is 5.10 Å². The molecule has 0 saturated carbocycles. The van der Waals surface area contributed by atoms with Crippen molar-refractivity contribution < 1.29 is 4.79 Å². The standard InChI is InChI=1S/C6H9N3O.ClH/c1-3-5(4(2)10)6(7)9-8-3;/h1-2H3,(H3,7,8,9);1H. The summed E-state index contributed by atoms with van der Waals surface area (Å²) >= 11 is 0. The van der Waals surface area contributed by atoms with Crippen LogP contribution in [0.2, 0.25) is 0 Å². The Balaban J connectivity index is 0.000001000. The molecule has 1 rings (SSSR count). The van der Waals surface area contributed by atoms with Gasteiger partial charge in [-0.05, 0) is 13.8 Å². The van der Waals surface area contributed by atoms with Crippen molar-refractivity contribution in [3.63, 3.8) is 0 Å². The first-order valence-electron chi connectivity index (χ1n) is 2.94. The van der Waals surface area contributed by atoms with Crippen molar-refractivity contribution in [3.05, 3.63) is 11.3 Å². The molecule has 0 bridgehead atoms. The number of nitrogens with one attached hydrogen (secondary N) is 1. The number of aromatic nitrogens is 2. The second-order valence-corrected chi connectivity index (χ2v) is 2.17. The topological polar surface area (TPSA) is 71.8 Å². The van der Waals surface area contributed by atoms with Gasteiger partial charge in [0.2, 0.25) is 0 Å². The van der Waals surface area contributed by atoms with Crippen LogP contribution in [-0.2, 0) is 0 Å². The van der Waals surface area contributed by atoms with Gasteiger partial charge in [0.15, 0.2) is 11.6 Å². The highest BCUT2D eigenvalue weighted by Crippen LogP contribution is 2.11. The highest BCUT2D eigenvalue weighted by Gasteiger charge is 2.10. The van der Waals surface area contributed by atoms with Crippen LogP contribution in [0.5, 0.6) is 0 Å². The molecule has 0 spiro atoms. The Morgan fingerprint density at radius 3 is 2.36 bits per heavy atom. The number of nitrogen functional groups attached to an aromatic ring is 1. The van der Waals surface area contributed by atoms with E-state index in [1.165, 1.54) is 6.92 Å². The first-order valence-corrected chi connectivity index (χ1v) is 2.94. The quantitative estimate of drug-likeness (QED) is 0.624. The van der Waals surface area contributed by atoms with Crippen molar-refractivity contribution in [1.82, 2.24) is 10.2 Å². The van der Waals surface area contributed by atoms with Gasteiger partial charge in [-0.3, -0.25) is 9.89 Å². The third-order valence-corrected chi connectivity index (χ3v) is 1.33. The van der Waals surface area contributed by atoms with E-state index in [0.717, 1.165) is 5.69 Å². The molecule has 1 aromatic rings. The zero-order valence-corrected chi connectivity index (χ0v) is 7.16. The maximum atomic E-state index is 10.8. The lowest BCUT2D eigenvalue weighted by molar-refractivity contribution is 0.101. The summed E-state index contributed by atoms with van der Waals surface area (Å²) in [6.45, 7) is 3.23. The van der Waals surface area contributed by atoms with E-state index in [-0.39, 0.29) is 24.0 Å². The molecule has 4 nitrogen and oxygen atoms in total. The van der Waals surface area contributed by atoms with E-state index in [1.807, 2.05) is 0 Å². The molecule has 0 radical (unpaired) electrons. The maximum Gasteiger partial charge on any atom is 0.165 e. The molecule has 1 heterocycles. The molecule has 0 saturated heterocycles. The number of ketones is 1. The predicted octanol–water partition coefficient (Wildman–Crippen LogP) is 0.925. The van der Waals surface area contributed by atoms with E-state index in [9.17, 15) is 4.79 Å². The van der Waals surface area contributed by atoms with Crippen LogP contribution in [0.4, 0.5) is 5.82 Å². The third-order valence-electron chi connectivity index (χ3n) is 1.33. The maximum absolute atomic E-state index is 10.8. The number of hydrogen-bond acceptors (Lipinski definition) is 3. The Bertz CT molecular complexity index is 249. The fourth-order valence-corrected chi connectivity index (χ4v) is 0.892. The molecule has 1 aromatic heterocycles. The van der Waals surface area contributed by atoms with Gasteiger partial charge in [0.05, 0.1) is 5.56 Å². The molecule has 0 aliphatic rings. The van der Waals surface area contributed by atoms with Crippen LogP contribution in [0.15, 0.2) is 0 Å². The van der Waals surface area contributed by atoms with E-state index >= 15 is 0 Å². The average molecular weight is 176 g/mol. The normalized spacial score (nSPS) is 8.91. The van der Waals surface area contributed by atoms with Crippen LogP contribution >= 0.6 is 12.4 Å². The third kappa shape index (κ3) is 1.71. The highest BCUT2D eigenvalue weighted by atomic mass is 35.5. The smallest absolute Gasteiger partial charge is 0.165 e. The number of hydrogen-bond donors (Lipinski definition) is 2. The van der Waals surface area contributed by atoms with Gasteiger partial charge in [-0.25, -0.2) is 0 Å². The number of nitrogens with zero attached hydrogens (tertiary/aromatic N) is 1. The molecule has 0 atom stereocenters. The van der Waals surface area contributed by atoms with Crippen molar-refractivity contribution in [1.29, 1.82) is 0 Å². The number of rotatable bonds is 1. The number of H-pyrrole nitrogens is 1. The number of anilines is 1. The highest BCUT2D eigenvalue weighted by molar-refractivity contribution is 5.99. The van der Waals surface area contributed by atoms with Gasteiger partial charge >= 0.3 is 0 Å². The molecule has 0 aliphatic heterocycles. The predicted molar refractivity (Wildman–Crippen MR) is 45.0 cm³/mol. The van der Waals surface area contributed by atoms with Crippen LogP contribution in [-0.4, -0.2) is 16.0 Å². The lowest BCUT2D eigenvalue weighted by Crippen LogP contribution is -1.97. The van der Waals surface area contributed by atoms with Gasteiger partial charge < -0.3 is 5.73 Å². The summed E-state index contributed by atoms with van der Waals surface area (Å²) in [5.41, 5.74) is 6.61. The first kappa shape index (κ1) is 9.97. The fraction of sp³-hybridized carbons (Fsp3) is 0.333. The molecule has 0 aromatic carbocycles. The molecule has 0 fully saturated rings. The van der Waals surface area contributed by atoms with Gasteiger partial charge in [-0.1, -0.05) is 0 Å². The molecule has 3 N–H and O–H groups in total. The summed E-state index contributed by atoms with van der Waals surface area (Å²) in [4.78, 5) is 10.8. The van der Waals surface area contributed by atoms with Crippen LogP contribution in [0.25, 0.3) is 0 Å². The van der Waals surface area contributed by atoms with Crippen LogP contribution in [0, 0.1) is 6.92 Å². The number of aromatic amines is 1. The van der Waals surface area contributed by atoms with Crippen molar-refractivity contribution in [3.8, 4) is 0 Å². The van der Waals surface area contributed by atoms with Crippen LogP contribution < -0.4 is 5.73 Å². The number of carbonyl (C=O) groups excluding carboxylic acids is 1. The van der Waals surface area contributed by atoms with E-state index < -0.39 is 0 Å². The summed E-state index contributed by atoms with van der Waals surface area (Å²) in [6.07, 6.45) is 0.